The number of aliphatic hydroxyl groups excluding tert-OH is 1. The number of urea groups is 1. The van der Waals surface area contributed by atoms with Crippen LogP contribution in [0.3, 0.4) is 0 Å². The zero-order valence-electron chi connectivity index (χ0n) is 12.4. The molecule has 1 heterocycles. The monoisotopic (exact) mass is 296 g/mol. The Morgan fingerprint density at radius 1 is 1.48 bits per heavy atom. The molecule has 1 aliphatic rings. The number of amides is 2. The van der Waals surface area contributed by atoms with Crippen LogP contribution in [-0.2, 0) is 4.74 Å². The van der Waals surface area contributed by atoms with Crippen LogP contribution in [0.2, 0.25) is 0 Å². The van der Waals surface area contributed by atoms with Crippen molar-refractivity contribution in [3.05, 3.63) is 29.6 Å². The fourth-order valence-electron chi connectivity index (χ4n) is 2.47. The second kappa shape index (κ2) is 6.41. The summed E-state index contributed by atoms with van der Waals surface area (Å²) in [5.74, 6) is -0.451. The number of aliphatic hydroxyl groups is 1. The Morgan fingerprint density at radius 3 is 2.71 bits per heavy atom. The minimum atomic E-state index is -0.564. The summed E-state index contributed by atoms with van der Waals surface area (Å²) in [7, 11) is 1.56. The number of aryl methyl sites for hydroxylation is 1. The molecule has 116 valence electrons. The molecule has 0 aromatic heterocycles. The summed E-state index contributed by atoms with van der Waals surface area (Å²) in [5, 5.41) is 12.0. The summed E-state index contributed by atoms with van der Waals surface area (Å²) in [6, 6.07) is 4.26. The molecule has 1 aliphatic heterocycles. The van der Waals surface area contributed by atoms with E-state index in [0.717, 1.165) is 5.56 Å². The van der Waals surface area contributed by atoms with E-state index in [1.165, 1.54) is 6.07 Å². The van der Waals surface area contributed by atoms with Crippen molar-refractivity contribution in [1.82, 2.24) is 4.90 Å². The molecule has 1 fully saturated rings. The molecular weight excluding hydrogens is 275 g/mol. The molecule has 0 saturated carbocycles. The zero-order valence-corrected chi connectivity index (χ0v) is 12.4. The maximum atomic E-state index is 13.6. The lowest BCUT2D eigenvalue weighted by Crippen LogP contribution is -2.50. The SMILES string of the molecule is COC1(CO)CCN(C(=O)Nc2cc(C)ccc2F)CC1. The highest BCUT2D eigenvalue weighted by Crippen LogP contribution is 2.26. The van der Waals surface area contributed by atoms with Gasteiger partial charge < -0.3 is 20.1 Å². The highest BCUT2D eigenvalue weighted by molar-refractivity contribution is 5.89. The van der Waals surface area contributed by atoms with Crippen LogP contribution in [0.4, 0.5) is 14.9 Å². The Labute approximate surface area is 123 Å². The second-order valence-corrected chi connectivity index (χ2v) is 5.45. The van der Waals surface area contributed by atoms with Gasteiger partial charge in [0.2, 0.25) is 0 Å². The first-order valence-electron chi connectivity index (χ1n) is 6.98. The molecule has 21 heavy (non-hydrogen) atoms. The predicted molar refractivity (Wildman–Crippen MR) is 77.8 cm³/mol. The topological polar surface area (TPSA) is 61.8 Å². The quantitative estimate of drug-likeness (QED) is 0.898. The average molecular weight is 296 g/mol. The summed E-state index contributed by atoms with van der Waals surface area (Å²) >= 11 is 0. The summed E-state index contributed by atoms with van der Waals surface area (Å²) < 4.78 is 19.0. The number of methoxy groups -OCH3 is 1. The summed E-state index contributed by atoms with van der Waals surface area (Å²) in [6.07, 6.45) is 1.12. The smallest absolute Gasteiger partial charge is 0.321 e. The van der Waals surface area contributed by atoms with Gasteiger partial charge in [-0.3, -0.25) is 0 Å². The molecule has 0 atom stereocenters. The van der Waals surface area contributed by atoms with E-state index in [4.69, 9.17) is 4.74 Å². The van der Waals surface area contributed by atoms with Crippen LogP contribution >= 0.6 is 0 Å². The van der Waals surface area contributed by atoms with Crippen LogP contribution in [0, 0.1) is 12.7 Å². The van der Waals surface area contributed by atoms with E-state index >= 15 is 0 Å². The van der Waals surface area contributed by atoms with E-state index in [1.807, 2.05) is 6.92 Å². The van der Waals surface area contributed by atoms with Crippen LogP contribution in [-0.4, -0.2) is 48.4 Å². The van der Waals surface area contributed by atoms with Gasteiger partial charge in [0, 0.05) is 20.2 Å². The molecule has 0 radical (unpaired) electrons. The first-order valence-corrected chi connectivity index (χ1v) is 6.98. The van der Waals surface area contributed by atoms with Crippen LogP contribution in [0.1, 0.15) is 18.4 Å². The number of rotatable bonds is 3. The molecule has 2 N–H and O–H groups in total. The third-order valence-electron chi connectivity index (χ3n) is 4.05. The highest BCUT2D eigenvalue weighted by Gasteiger charge is 2.35. The number of hydrogen-bond acceptors (Lipinski definition) is 3. The van der Waals surface area contributed by atoms with Crippen molar-refractivity contribution < 1.29 is 19.0 Å². The highest BCUT2D eigenvalue weighted by atomic mass is 19.1. The Kier molecular flexibility index (Phi) is 4.80. The van der Waals surface area contributed by atoms with E-state index in [1.54, 1.807) is 24.1 Å². The number of piperidine rings is 1. The molecule has 1 aromatic rings. The molecule has 1 saturated heterocycles. The van der Waals surface area contributed by atoms with E-state index in [2.05, 4.69) is 5.32 Å². The molecule has 1 aromatic carbocycles. The van der Waals surface area contributed by atoms with Gasteiger partial charge in [0.05, 0.1) is 17.9 Å². The van der Waals surface area contributed by atoms with E-state index in [-0.39, 0.29) is 18.3 Å². The molecule has 0 unspecified atom stereocenters. The van der Waals surface area contributed by atoms with Crippen LogP contribution in [0.5, 0.6) is 0 Å². The molecule has 5 nitrogen and oxygen atoms in total. The first-order chi connectivity index (χ1) is 9.99. The van der Waals surface area contributed by atoms with Gasteiger partial charge in [0.1, 0.15) is 5.82 Å². The maximum Gasteiger partial charge on any atom is 0.321 e. The number of halogens is 1. The van der Waals surface area contributed by atoms with Gasteiger partial charge in [-0.1, -0.05) is 6.07 Å². The third kappa shape index (κ3) is 3.51. The molecule has 0 aliphatic carbocycles. The first kappa shape index (κ1) is 15.7. The van der Waals surface area contributed by atoms with Crippen LogP contribution in [0.15, 0.2) is 18.2 Å². The number of nitrogens with one attached hydrogen (secondary N) is 1. The Hall–Kier alpha value is -1.66. The number of carbonyl (C=O) groups excluding carboxylic acids is 1. The van der Waals surface area contributed by atoms with Gasteiger partial charge in [-0.2, -0.15) is 0 Å². The Balaban J connectivity index is 1.98. The van der Waals surface area contributed by atoms with E-state index in [9.17, 15) is 14.3 Å². The van der Waals surface area contributed by atoms with Gasteiger partial charge in [-0.05, 0) is 37.5 Å². The molecule has 6 heteroatoms. The van der Waals surface area contributed by atoms with Crippen molar-refractivity contribution in [2.24, 2.45) is 0 Å². The summed E-state index contributed by atoms with van der Waals surface area (Å²) in [5.41, 5.74) is 0.500. The van der Waals surface area contributed by atoms with Gasteiger partial charge in [-0.25, -0.2) is 9.18 Å². The minimum absolute atomic E-state index is 0.0640. The lowest BCUT2D eigenvalue weighted by atomic mass is 9.92. The molecule has 2 amide bonds. The number of anilines is 1. The number of likely N-dealkylation sites (tertiary alicyclic amines) is 1. The molecule has 0 bridgehead atoms. The predicted octanol–water partition coefficient (Wildman–Crippen LogP) is 2.14. The van der Waals surface area contributed by atoms with Crippen molar-refractivity contribution >= 4 is 11.7 Å². The van der Waals surface area contributed by atoms with Gasteiger partial charge in [0.15, 0.2) is 0 Å². The van der Waals surface area contributed by atoms with Crippen LogP contribution in [0.25, 0.3) is 0 Å². The van der Waals surface area contributed by atoms with Crippen molar-refractivity contribution in [1.29, 1.82) is 0 Å². The van der Waals surface area contributed by atoms with Crippen molar-refractivity contribution in [3.8, 4) is 0 Å². The fourth-order valence-corrected chi connectivity index (χ4v) is 2.47. The van der Waals surface area contributed by atoms with E-state index < -0.39 is 11.4 Å². The zero-order chi connectivity index (χ0) is 15.5. The lowest BCUT2D eigenvalue weighted by molar-refractivity contribution is -0.0830. The molecule has 2 rings (SSSR count). The number of carbonyl (C=O) groups is 1. The normalized spacial score (nSPS) is 17.6. The van der Waals surface area contributed by atoms with Gasteiger partial charge in [-0.15, -0.1) is 0 Å². The summed E-state index contributed by atoms with van der Waals surface area (Å²) in [6.45, 7) is 2.71. The van der Waals surface area contributed by atoms with Gasteiger partial charge in [0.25, 0.3) is 0 Å². The second-order valence-electron chi connectivity index (χ2n) is 5.45. The molecular formula is C15H21FN2O3. The largest absolute Gasteiger partial charge is 0.393 e. The standard InChI is InChI=1S/C15H21FN2O3/c1-11-3-4-12(16)13(9-11)17-14(20)18-7-5-15(10-19,21-2)6-8-18/h3-4,9,19H,5-8,10H2,1-2H3,(H,17,20). The van der Waals surface area contributed by atoms with Crippen molar-refractivity contribution in [2.45, 2.75) is 25.4 Å². The Morgan fingerprint density at radius 2 is 2.14 bits per heavy atom. The van der Waals surface area contributed by atoms with Gasteiger partial charge >= 0.3 is 6.03 Å². The van der Waals surface area contributed by atoms with Crippen LogP contribution < -0.4 is 5.32 Å². The maximum absolute atomic E-state index is 13.6. The summed E-state index contributed by atoms with van der Waals surface area (Å²) in [4.78, 5) is 13.8. The van der Waals surface area contributed by atoms with E-state index in [0.29, 0.717) is 25.9 Å². The fraction of sp³-hybridized carbons (Fsp3) is 0.533. The number of hydrogen-bond donors (Lipinski definition) is 2. The van der Waals surface area contributed by atoms with Crippen molar-refractivity contribution in [2.75, 3.05) is 32.1 Å². The number of benzene rings is 1. The average Bonchev–Trinajstić information content (AvgIpc) is 2.51. The Bertz CT molecular complexity index is 508. The molecule has 0 spiro atoms. The number of ether oxygens (including phenoxy) is 1. The minimum Gasteiger partial charge on any atom is -0.393 e. The third-order valence-corrected chi connectivity index (χ3v) is 4.05. The lowest BCUT2D eigenvalue weighted by Gasteiger charge is -2.39. The van der Waals surface area contributed by atoms with Crippen molar-refractivity contribution in [3.63, 3.8) is 0 Å². The number of nitrogens with zero attached hydrogens (tertiary/aromatic N) is 1.